The number of nitrogens with two attached hydrogens (primary N) is 1. The summed E-state index contributed by atoms with van der Waals surface area (Å²) in [5, 5.41) is 0. The van der Waals surface area contributed by atoms with Crippen LogP contribution in [0.1, 0.15) is 28.6 Å². The van der Waals surface area contributed by atoms with E-state index < -0.39 is 0 Å². The molecule has 2 rings (SSSR count). The number of hydrogen-bond acceptors (Lipinski definition) is 3. The first-order valence-corrected chi connectivity index (χ1v) is 5.37. The number of aromatic nitrogens is 1. The van der Waals surface area contributed by atoms with Crippen molar-refractivity contribution in [3.05, 3.63) is 53.2 Å². The van der Waals surface area contributed by atoms with Crippen LogP contribution in [0.4, 0.5) is 0 Å². The summed E-state index contributed by atoms with van der Waals surface area (Å²) in [6, 6.07) is 6.02. The Morgan fingerprint density at radius 1 is 1.31 bits per heavy atom. The van der Waals surface area contributed by atoms with Crippen LogP contribution in [0.5, 0.6) is 0 Å². The lowest BCUT2D eigenvalue weighted by Gasteiger charge is -2.12. The van der Waals surface area contributed by atoms with E-state index >= 15 is 0 Å². The minimum absolute atomic E-state index is 0.00185. The lowest BCUT2D eigenvalue weighted by molar-refractivity contribution is 0.561. The van der Waals surface area contributed by atoms with Crippen LogP contribution in [0.15, 0.2) is 35.1 Å². The zero-order chi connectivity index (χ0) is 11.5. The van der Waals surface area contributed by atoms with Gasteiger partial charge in [-0.2, -0.15) is 0 Å². The molecule has 2 aromatic rings. The van der Waals surface area contributed by atoms with Crippen molar-refractivity contribution in [2.24, 2.45) is 5.73 Å². The average Bonchev–Trinajstić information content (AvgIpc) is 2.68. The summed E-state index contributed by atoms with van der Waals surface area (Å²) in [6.45, 7) is 3.97. The molecule has 0 saturated heterocycles. The van der Waals surface area contributed by atoms with Gasteiger partial charge in [-0.05, 0) is 49.6 Å². The first-order valence-electron chi connectivity index (χ1n) is 5.37. The monoisotopic (exact) mass is 216 g/mol. The Morgan fingerprint density at radius 2 is 2.00 bits per heavy atom. The first-order chi connectivity index (χ1) is 7.65. The molecule has 0 aliphatic rings. The SMILES string of the molecule is Cc1cc(C(N)Cc2ccoc2)cc(C)n1. The third-order valence-corrected chi connectivity index (χ3v) is 2.57. The summed E-state index contributed by atoms with van der Waals surface area (Å²) < 4.78 is 5.03. The Labute approximate surface area is 95.3 Å². The molecule has 2 N–H and O–H groups in total. The highest BCUT2D eigenvalue weighted by Gasteiger charge is 2.09. The van der Waals surface area contributed by atoms with Crippen molar-refractivity contribution >= 4 is 0 Å². The summed E-state index contributed by atoms with van der Waals surface area (Å²) in [7, 11) is 0. The fraction of sp³-hybridized carbons (Fsp3) is 0.308. The van der Waals surface area contributed by atoms with E-state index in [-0.39, 0.29) is 6.04 Å². The lowest BCUT2D eigenvalue weighted by atomic mass is 10.0. The molecule has 1 unspecified atom stereocenters. The average molecular weight is 216 g/mol. The Kier molecular flexibility index (Phi) is 3.06. The second kappa shape index (κ2) is 4.49. The van der Waals surface area contributed by atoms with Gasteiger partial charge in [0.05, 0.1) is 12.5 Å². The molecule has 0 aliphatic carbocycles. The van der Waals surface area contributed by atoms with E-state index in [1.165, 1.54) is 0 Å². The number of pyridine rings is 1. The van der Waals surface area contributed by atoms with Gasteiger partial charge in [-0.15, -0.1) is 0 Å². The van der Waals surface area contributed by atoms with E-state index in [2.05, 4.69) is 4.98 Å². The zero-order valence-corrected chi connectivity index (χ0v) is 9.60. The van der Waals surface area contributed by atoms with Crippen LogP contribution >= 0.6 is 0 Å². The van der Waals surface area contributed by atoms with Gasteiger partial charge in [-0.25, -0.2) is 0 Å². The second-order valence-electron chi connectivity index (χ2n) is 4.13. The van der Waals surface area contributed by atoms with E-state index in [0.717, 1.165) is 28.9 Å². The zero-order valence-electron chi connectivity index (χ0n) is 9.60. The van der Waals surface area contributed by atoms with Crippen molar-refractivity contribution < 1.29 is 4.42 Å². The summed E-state index contributed by atoms with van der Waals surface area (Å²) in [5.74, 6) is 0. The molecule has 84 valence electrons. The van der Waals surface area contributed by atoms with Crippen LogP contribution < -0.4 is 5.73 Å². The Bertz CT molecular complexity index is 443. The number of rotatable bonds is 3. The molecule has 2 heterocycles. The quantitative estimate of drug-likeness (QED) is 0.857. The molecule has 0 spiro atoms. The first kappa shape index (κ1) is 10.9. The number of nitrogens with zero attached hydrogens (tertiary/aromatic N) is 1. The van der Waals surface area contributed by atoms with Gasteiger partial charge in [0, 0.05) is 17.4 Å². The molecule has 2 aromatic heterocycles. The van der Waals surface area contributed by atoms with Crippen LogP contribution in [0.25, 0.3) is 0 Å². The highest BCUT2D eigenvalue weighted by molar-refractivity contribution is 5.25. The van der Waals surface area contributed by atoms with Crippen LogP contribution in [-0.2, 0) is 6.42 Å². The van der Waals surface area contributed by atoms with Crippen LogP contribution in [0, 0.1) is 13.8 Å². The molecule has 3 nitrogen and oxygen atoms in total. The van der Waals surface area contributed by atoms with Crippen molar-refractivity contribution in [1.82, 2.24) is 4.98 Å². The van der Waals surface area contributed by atoms with Crippen molar-refractivity contribution in [2.75, 3.05) is 0 Å². The molecular formula is C13H16N2O. The van der Waals surface area contributed by atoms with Gasteiger partial charge in [-0.1, -0.05) is 0 Å². The van der Waals surface area contributed by atoms with Gasteiger partial charge in [-0.3, -0.25) is 4.98 Å². The van der Waals surface area contributed by atoms with Gasteiger partial charge >= 0.3 is 0 Å². The van der Waals surface area contributed by atoms with Crippen molar-refractivity contribution in [3.63, 3.8) is 0 Å². The summed E-state index contributed by atoms with van der Waals surface area (Å²) >= 11 is 0. The van der Waals surface area contributed by atoms with Gasteiger partial charge in [0.15, 0.2) is 0 Å². The molecule has 3 heteroatoms. The Balaban J connectivity index is 2.17. The summed E-state index contributed by atoms with van der Waals surface area (Å²) in [5.41, 5.74) is 10.4. The molecule has 0 amide bonds. The molecule has 0 aliphatic heterocycles. The largest absolute Gasteiger partial charge is 0.472 e. The van der Waals surface area contributed by atoms with Gasteiger partial charge < -0.3 is 10.2 Å². The maximum atomic E-state index is 6.15. The lowest BCUT2D eigenvalue weighted by Crippen LogP contribution is -2.13. The number of aryl methyl sites for hydroxylation is 2. The van der Waals surface area contributed by atoms with E-state index in [4.69, 9.17) is 10.2 Å². The summed E-state index contributed by atoms with van der Waals surface area (Å²) in [6.07, 6.45) is 4.20. The second-order valence-corrected chi connectivity index (χ2v) is 4.13. The van der Waals surface area contributed by atoms with Crippen LogP contribution in [-0.4, -0.2) is 4.98 Å². The Hall–Kier alpha value is -1.61. The van der Waals surface area contributed by atoms with E-state index in [1.807, 2.05) is 32.0 Å². The topological polar surface area (TPSA) is 52.0 Å². The fourth-order valence-corrected chi connectivity index (χ4v) is 1.86. The van der Waals surface area contributed by atoms with E-state index in [0.29, 0.717) is 0 Å². The van der Waals surface area contributed by atoms with E-state index in [1.54, 1.807) is 12.5 Å². The normalized spacial score (nSPS) is 12.7. The van der Waals surface area contributed by atoms with Gasteiger partial charge in [0.25, 0.3) is 0 Å². The van der Waals surface area contributed by atoms with Crippen molar-refractivity contribution in [2.45, 2.75) is 26.3 Å². The molecular weight excluding hydrogens is 200 g/mol. The minimum Gasteiger partial charge on any atom is -0.472 e. The predicted molar refractivity (Wildman–Crippen MR) is 63.1 cm³/mol. The smallest absolute Gasteiger partial charge is 0.0935 e. The third-order valence-electron chi connectivity index (χ3n) is 2.57. The van der Waals surface area contributed by atoms with Crippen molar-refractivity contribution in [3.8, 4) is 0 Å². The van der Waals surface area contributed by atoms with Crippen LogP contribution in [0.2, 0.25) is 0 Å². The highest BCUT2D eigenvalue weighted by Crippen LogP contribution is 2.17. The Morgan fingerprint density at radius 3 is 2.56 bits per heavy atom. The number of hydrogen-bond donors (Lipinski definition) is 1. The highest BCUT2D eigenvalue weighted by atomic mass is 16.3. The predicted octanol–water partition coefficient (Wildman–Crippen LogP) is 2.53. The molecule has 0 saturated carbocycles. The molecule has 16 heavy (non-hydrogen) atoms. The molecule has 0 radical (unpaired) electrons. The number of furan rings is 1. The van der Waals surface area contributed by atoms with Gasteiger partial charge in [0.2, 0.25) is 0 Å². The molecule has 1 atom stereocenters. The maximum Gasteiger partial charge on any atom is 0.0935 e. The summed E-state index contributed by atoms with van der Waals surface area (Å²) in [4.78, 5) is 4.34. The standard InChI is InChI=1S/C13H16N2O/c1-9-5-12(6-10(2)15-9)13(14)7-11-3-4-16-8-11/h3-6,8,13H,7,14H2,1-2H3. The van der Waals surface area contributed by atoms with E-state index in [9.17, 15) is 0 Å². The third kappa shape index (κ3) is 2.49. The minimum atomic E-state index is -0.00185. The van der Waals surface area contributed by atoms with Crippen molar-refractivity contribution in [1.29, 1.82) is 0 Å². The molecule has 0 fully saturated rings. The van der Waals surface area contributed by atoms with Crippen LogP contribution in [0.3, 0.4) is 0 Å². The molecule has 0 bridgehead atoms. The maximum absolute atomic E-state index is 6.15. The van der Waals surface area contributed by atoms with Gasteiger partial charge in [0.1, 0.15) is 0 Å². The fourth-order valence-electron chi connectivity index (χ4n) is 1.86. The molecule has 0 aromatic carbocycles.